The molecule has 26 heavy (non-hydrogen) atoms. The normalized spacial score (nSPS) is 10.9. The van der Waals surface area contributed by atoms with Gasteiger partial charge < -0.3 is 5.32 Å². The minimum absolute atomic E-state index is 0.203. The van der Waals surface area contributed by atoms with Crippen LogP contribution in [0.15, 0.2) is 52.1 Å². The van der Waals surface area contributed by atoms with E-state index in [1.54, 1.807) is 56.3 Å². The number of para-hydroxylation sites is 1. The summed E-state index contributed by atoms with van der Waals surface area (Å²) in [5.74, 6) is -0.371. The Morgan fingerprint density at radius 3 is 2.54 bits per heavy atom. The van der Waals surface area contributed by atoms with Crippen LogP contribution >= 0.6 is 11.6 Å². The van der Waals surface area contributed by atoms with Crippen LogP contribution < -0.4 is 16.6 Å². The van der Waals surface area contributed by atoms with E-state index in [0.29, 0.717) is 21.6 Å². The van der Waals surface area contributed by atoms with Crippen LogP contribution in [0.2, 0.25) is 5.02 Å². The van der Waals surface area contributed by atoms with Gasteiger partial charge >= 0.3 is 5.69 Å². The molecule has 3 aromatic rings. The molecule has 7 heteroatoms. The second kappa shape index (κ2) is 7.17. The van der Waals surface area contributed by atoms with Crippen LogP contribution in [0.1, 0.15) is 12.5 Å². The summed E-state index contributed by atoms with van der Waals surface area (Å²) in [6, 6.07) is 12.0. The maximum absolute atomic E-state index is 12.7. The van der Waals surface area contributed by atoms with Crippen molar-refractivity contribution in [1.82, 2.24) is 9.13 Å². The fraction of sp³-hybridized carbons (Fsp3) is 0.211. The molecule has 0 fully saturated rings. The molecule has 3 rings (SSSR count). The van der Waals surface area contributed by atoms with Crippen molar-refractivity contribution in [2.75, 3.05) is 5.32 Å². The Bertz CT molecular complexity index is 1120. The Balaban J connectivity index is 2.03. The number of rotatable bonds is 4. The highest BCUT2D eigenvalue weighted by Gasteiger charge is 2.15. The maximum Gasteiger partial charge on any atom is 0.331 e. The highest BCUT2D eigenvalue weighted by atomic mass is 35.5. The first kappa shape index (κ1) is 17.9. The minimum atomic E-state index is -0.505. The van der Waals surface area contributed by atoms with E-state index < -0.39 is 5.69 Å². The maximum atomic E-state index is 12.7. The van der Waals surface area contributed by atoms with Gasteiger partial charge in [0.05, 0.1) is 10.9 Å². The number of benzene rings is 2. The summed E-state index contributed by atoms with van der Waals surface area (Å²) < 4.78 is 2.44. The van der Waals surface area contributed by atoms with E-state index in [1.165, 1.54) is 4.57 Å². The highest BCUT2D eigenvalue weighted by molar-refractivity contribution is 6.31. The molecule has 2 aromatic carbocycles. The van der Waals surface area contributed by atoms with Crippen molar-refractivity contribution < 1.29 is 4.79 Å². The second-order valence-electron chi connectivity index (χ2n) is 5.90. The Hall–Kier alpha value is -2.86. The summed E-state index contributed by atoms with van der Waals surface area (Å²) in [7, 11) is 0. The van der Waals surface area contributed by atoms with Gasteiger partial charge in [-0.2, -0.15) is 0 Å². The molecule has 0 saturated heterocycles. The zero-order valence-corrected chi connectivity index (χ0v) is 15.2. The zero-order chi connectivity index (χ0) is 18.8. The molecule has 0 spiro atoms. The van der Waals surface area contributed by atoms with Crippen LogP contribution in [0.25, 0.3) is 10.9 Å². The second-order valence-corrected chi connectivity index (χ2v) is 6.30. The number of hydrogen-bond donors (Lipinski definition) is 1. The lowest BCUT2D eigenvalue weighted by atomic mass is 10.2. The Labute approximate surface area is 154 Å². The third-order valence-corrected chi connectivity index (χ3v) is 4.70. The molecule has 0 aliphatic heterocycles. The van der Waals surface area contributed by atoms with E-state index in [9.17, 15) is 14.4 Å². The average molecular weight is 372 g/mol. The lowest BCUT2D eigenvalue weighted by molar-refractivity contribution is -0.116. The molecule has 0 radical (unpaired) electrons. The number of hydrogen-bond acceptors (Lipinski definition) is 3. The molecule has 0 aliphatic carbocycles. The summed E-state index contributed by atoms with van der Waals surface area (Å²) in [6.45, 7) is 3.55. The van der Waals surface area contributed by atoms with Crippen molar-refractivity contribution >= 4 is 34.1 Å². The molecular formula is C19H18ClN3O3. The molecule has 0 unspecified atom stereocenters. The molecule has 0 atom stereocenters. The van der Waals surface area contributed by atoms with Gasteiger partial charge in [0, 0.05) is 17.3 Å². The van der Waals surface area contributed by atoms with Gasteiger partial charge in [-0.1, -0.05) is 29.8 Å². The van der Waals surface area contributed by atoms with Gasteiger partial charge in [0.2, 0.25) is 5.91 Å². The predicted molar refractivity (Wildman–Crippen MR) is 103 cm³/mol. The van der Waals surface area contributed by atoms with Gasteiger partial charge in [-0.25, -0.2) is 4.79 Å². The van der Waals surface area contributed by atoms with Crippen LogP contribution in [0.3, 0.4) is 0 Å². The largest absolute Gasteiger partial charge is 0.331 e. The molecule has 0 bridgehead atoms. The van der Waals surface area contributed by atoms with Crippen molar-refractivity contribution in [2.45, 2.75) is 26.9 Å². The number of carbonyl (C=O) groups is 1. The van der Waals surface area contributed by atoms with Gasteiger partial charge in [0.15, 0.2) is 0 Å². The lowest BCUT2D eigenvalue weighted by Gasteiger charge is -2.14. The Morgan fingerprint density at radius 1 is 1.08 bits per heavy atom. The van der Waals surface area contributed by atoms with Crippen LogP contribution in [-0.4, -0.2) is 15.0 Å². The number of carbonyl (C=O) groups excluding carboxylic acids is 1. The lowest BCUT2D eigenvalue weighted by Crippen LogP contribution is -2.41. The summed E-state index contributed by atoms with van der Waals surface area (Å²) in [6.07, 6.45) is 0. The first-order valence-corrected chi connectivity index (χ1v) is 8.59. The number of halogens is 1. The number of amides is 1. The molecule has 6 nitrogen and oxygen atoms in total. The molecule has 1 amide bonds. The fourth-order valence-corrected chi connectivity index (χ4v) is 3.05. The molecule has 1 aromatic heterocycles. The number of fused-ring (bicyclic) bond motifs is 1. The van der Waals surface area contributed by atoms with Gasteiger partial charge in [0.1, 0.15) is 6.54 Å². The summed E-state index contributed by atoms with van der Waals surface area (Å²) in [4.78, 5) is 37.6. The van der Waals surface area contributed by atoms with E-state index in [0.717, 1.165) is 10.1 Å². The van der Waals surface area contributed by atoms with Crippen molar-refractivity contribution in [1.29, 1.82) is 0 Å². The highest BCUT2D eigenvalue weighted by Crippen LogP contribution is 2.22. The fourth-order valence-electron chi connectivity index (χ4n) is 2.88. The van der Waals surface area contributed by atoms with Crippen molar-refractivity contribution in [3.63, 3.8) is 0 Å². The molecule has 1 heterocycles. The summed E-state index contributed by atoms with van der Waals surface area (Å²) in [5.41, 5.74) is 0.914. The summed E-state index contributed by atoms with van der Waals surface area (Å²) in [5, 5.41) is 3.72. The van der Waals surface area contributed by atoms with Crippen LogP contribution in [0, 0.1) is 6.92 Å². The standard InChI is InChI=1S/C19H18ClN3O3/c1-3-22-18(25)13-7-4-5-10-16(13)23(19(22)26)11-17(24)21-15-9-6-8-14(20)12(15)2/h4-10H,3,11H2,1-2H3,(H,21,24). The van der Waals surface area contributed by atoms with Crippen molar-refractivity contribution in [2.24, 2.45) is 0 Å². The smallest absolute Gasteiger partial charge is 0.324 e. The van der Waals surface area contributed by atoms with Crippen LogP contribution in [-0.2, 0) is 17.9 Å². The van der Waals surface area contributed by atoms with Gasteiger partial charge in [-0.15, -0.1) is 0 Å². The predicted octanol–water partition coefficient (Wildman–Crippen LogP) is 2.78. The number of aromatic nitrogens is 2. The van der Waals surface area contributed by atoms with Crippen molar-refractivity contribution in [3.05, 3.63) is 73.9 Å². The van der Waals surface area contributed by atoms with E-state index in [4.69, 9.17) is 11.6 Å². The number of nitrogens with zero attached hydrogens (tertiary/aromatic N) is 2. The minimum Gasteiger partial charge on any atom is -0.324 e. The molecule has 1 N–H and O–H groups in total. The third kappa shape index (κ3) is 3.15. The molecular weight excluding hydrogens is 354 g/mol. The van der Waals surface area contributed by atoms with E-state index in [1.807, 2.05) is 0 Å². The molecule has 0 aliphatic rings. The first-order chi connectivity index (χ1) is 12.4. The monoisotopic (exact) mass is 371 g/mol. The molecule has 0 saturated carbocycles. The van der Waals surface area contributed by atoms with E-state index in [-0.39, 0.29) is 24.6 Å². The molecule has 134 valence electrons. The Kier molecular flexibility index (Phi) is 4.95. The van der Waals surface area contributed by atoms with Crippen LogP contribution in [0.4, 0.5) is 5.69 Å². The van der Waals surface area contributed by atoms with E-state index in [2.05, 4.69) is 5.32 Å². The zero-order valence-electron chi connectivity index (χ0n) is 14.5. The van der Waals surface area contributed by atoms with E-state index >= 15 is 0 Å². The summed E-state index contributed by atoms with van der Waals surface area (Å²) >= 11 is 6.07. The Morgan fingerprint density at radius 2 is 1.81 bits per heavy atom. The number of nitrogens with one attached hydrogen (secondary N) is 1. The SMILES string of the molecule is CCn1c(=O)c2ccccc2n(CC(=O)Nc2cccc(Cl)c2C)c1=O. The first-order valence-electron chi connectivity index (χ1n) is 8.21. The third-order valence-electron chi connectivity index (χ3n) is 4.29. The van der Waals surface area contributed by atoms with Crippen molar-refractivity contribution in [3.8, 4) is 0 Å². The van der Waals surface area contributed by atoms with Gasteiger partial charge in [-0.3, -0.25) is 18.7 Å². The number of anilines is 1. The van der Waals surface area contributed by atoms with Gasteiger partial charge in [-0.05, 0) is 43.7 Å². The van der Waals surface area contributed by atoms with Gasteiger partial charge in [0.25, 0.3) is 5.56 Å². The topological polar surface area (TPSA) is 73.1 Å². The average Bonchev–Trinajstić information content (AvgIpc) is 2.63. The van der Waals surface area contributed by atoms with Crippen LogP contribution in [0.5, 0.6) is 0 Å². The quantitative estimate of drug-likeness (QED) is 0.766.